The summed E-state index contributed by atoms with van der Waals surface area (Å²) in [4.78, 5) is 14.4. The van der Waals surface area contributed by atoms with Crippen molar-refractivity contribution in [1.82, 2.24) is 4.90 Å². The second-order valence-corrected chi connectivity index (χ2v) is 5.82. The summed E-state index contributed by atoms with van der Waals surface area (Å²) in [5.74, 6) is 0.809. The van der Waals surface area contributed by atoms with Crippen LogP contribution in [0.2, 0.25) is 0 Å². The summed E-state index contributed by atoms with van der Waals surface area (Å²) in [6.07, 6.45) is 1.89. The predicted molar refractivity (Wildman–Crippen MR) is 83.3 cm³/mol. The Balaban J connectivity index is 2.32. The van der Waals surface area contributed by atoms with Crippen molar-refractivity contribution in [3.63, 3.8) is 0 Å². The first-order chi connectivity index (χ1) is 9.06. The third-order valence-corrected chi connectivity index (χ3v) is 4.33. The van der Waals surface area contributed by atoms with Gasteiger partial charge in [-0.3, -0.25) is 9.69 Å². The lowest BCUT2D eigenvalue weighted by Crippen LogP contribution is -2.27. The molecule has 1 aliphatic rings. The fourth-order valence-electron chi connectivity index (χ4n) is 1.85. The van der Waals surface area contributed by atoms with E-state index in [1.165, 1.54) is 11.8 Å². The van der Waals surface area contributed by atoms with E-state index in [2.05, 4.69) is 0 Å². The Bertz CT molecular complexity index is 567. The number of carbonyl (C=O) groups excluding carboxylic acids is 1. The molecule has 0 N–H and O–H groups in total. The van der Waals surface area contributed by atoms with Crippen LogP contribution in [0.1, 0.15) is 18.1 Å². The molecule has 2 rings (SSSR count). The highest BCUT2D eigenvalue weighted by atomic mass is 32.2. The van der Waals surface area contributed by atoms with Gasteiger partial charge in [0.05, 0.1) is 12.0 Å². The average Bonchev–Trinajstić information content (AvgIpc) is 2.66. The summed E-state index contributed by atoms with van der Waals surface area (Å²) in [6.45, 7) is 4.53. The molecule has 0 spiro atoms. The highest BCUT2D eigenvalue weighted by Gasteiger charge is 2.30. The Morgan fingerprint density at radius 3 is 2.74 bits per heavy atom. The van der Waals surface area contributed by atoms with Crippen molar-refractivity contribution in [3.8, 4) is 5.75 Å². The number of methoxy groups -OCH3 is 1. The molecule has 1 aliphatic heterocycles. The van der Waals surface area contributed by atoms with Gasteiger partial charge in [0.1, 0.15) is 10.1 Å². The summed E-state index contributed by atoms with van der Waals surface area (Å²) < 4.78 is 5.80. The van der Waals surface area contributed by atoms with Crippen molar-refractivity contribution < 1.29 is 9.53 Å². The van der Waals surface area contributed by atoms with Gasteiger partial charge >= 0.3 is 0 Å². The van der Waals surface area contributed by atoms with Crippen LogP contribution in [0.3, 0.4) is 0 Å². The first-order valence-electron chi connectivity index (χ1n) is 5.96. The molecular weight excluding hydrogens is 278 g/mol. The monoisotopic (exact) mass is 293 g/mol. The fraction of sp³-hybridized carbons (Fsp3) is 0.286. The minimum atomic E-state index is -0.00674. The minimum absolute atomic E-state index is 0.00674. The van der Waals surface area contributed by atoms with E-state index < -0.39 is 0 Å². The van der Waals surface area contributed by atoms with Crippen LogP contribution in [0, 0.1) is 6.92 Å². The summed E-state index contributed by atoms with van der Waals surface area (Å²) in [6, 6.07) is 5.79. The van der Waals surface area contributed by atoms with E-state index in [0.29, 0.717) is 15.8 Å². The standard InChI is InChI=1S/C14H15NO2S2/c1-4-15-13(16)12(19-14(15)18)8-10-5-6-11(17-3)7-9(10)2/h5-8H,4H2,1-3H3. The van der Waals surface area contributed by atoms with E-state index in [0.717, 1.165) is 16.9 Å². The van der Waals surface area contributed by atoms with Gasteiger partial charge in [-0.05, 0) is 43.2 Å². The average molecular weight is 293 g/mol. The molecule has 1 aromatic rings. The maximum atomic E-state index is 12.1. The Kier molecular flexibility index (Phi) is 4.27. The van der Waals surface area contributed by atoms with Crippen LogP contribution in [-0.4, -0.2) is 28.8 Å². The molecule has 1 aromatic carbocycles. The second kappa shape index (κ2) is 5.75. The van der Waals surface area contributed by atoms with Crippen molar-refractivity contribution >= 4 is 40.3 Å². The van der Waals surface area contributed by atoms with E-state index in [-0.39, 0.29) is 5.91 Å². The van der Waals surface area contributed by atoms with Crippen LogP contribution in [0.4, 0.5) is 0 Å². The molecule has 0 aliphatic carbocycles. The number of amides is 1. The molecule has 0 bridgehead atoms. The predicted octanol–water partition coefficient (Wildman–Crippen LogP) is 3.22. The first-order valence-corrected chi connectivity index (χ1v) is 7.19. The third kappa shape index (κ3) is 2.82. The van der Waals surface area contributed by atoms with Gasteiger partial charge in [-0.25, -0.2) is 0 Å². The number of aryl methyl sites for hydroxylation is 1. The molecule has 1 heterocycles. The number of hydrogen-bond donors (Lipinski definition) is 0. The smallest absolute Gasteiger partial charge is 0.266 e. The normalized spacial score (nSPS) is 17.4. The zero-order chi connectivity index (χ0) is 14.0. The van der Waals surface area contributed by atoms with E-state index in [9.17, 15) is 4.79 Å². The highest BCUT2D eigenvalue weighted by molar-refractivity contribution is 8.26. The fourth-order valence-corrected chi connectivity index (χ4v) is 3.23. The molecule has 100 valence electrons. The van der Waals surface area contributed by atoms with Gasteiger partial charge in [-0.2, -0.15) is 0 Å². The molecule has 3 nitrogen and oxygen atoms in total. The lowest BCUT2D eigenvalue weighted by atomic mass is 10.1. The molecule has 0 radical (unpaired) electrons. The molecule has 0 saturated carbocycles. The number of carbonyl (C=O) groups is 1. The van der Waals surface area contributed by atoms with Crippen LogP contribution in [0.5, 0.6) is 5.75 Å². The largest absolute Gasteiger partial charge is 0.497 e. The summed E-state index contributed by atoms with van der Waals surface area (Å²) in [5.41, 5.74) is 2.08. The molecule has 0 atom stereocenters. The zero-order valence-electron chi connectivity index (χ0n) is 11.1. The number of hydrogen-bond acceptors (Lipinski definition) is 4. The minimum Gasteiger partial charge on any atom is -0.497 e. The number of thiocarbonyl (C=S) groups is 1. The lowest BCUT2D eigenvalue weighted by Gasteiger charge is -2.09. The van der Waals surface area contributed by atoms with Crippen molar-refractivity contribution in [1.29, 1.82) is 0 Å². The van der Waals surface area contributed by atoms with E-state index in [1.807, 2.05) is 38.1 Å². The van der Waals surface area contributed by atoms with E-state index >= 15 is 0 Å². The van der Waals surface area contributed by atoms with Crippen LogP contribution >= 0.6 is 24.0 Å². The zero-order valence-corrected chi connectivity index (χ0v) is 12.7. The quantitative estimate of drug-likeness (QED) is 0.632. The third-order valence-electron chi connectivity index (χ3n) is 2.95. The van der Waals surface area contributed by atoms with Gasteiger partial charge in [0, 0.05) is 6.54 Å². The topological polar surface area (TPSA) is 29.5 Å². The number of benzene rings is 1. The number of likely N-dealkylation sites (N-methyl/N-ethyl adjacent to an activating group) is 1. The van der Waals surface area contributed by atoms with Crippen LogP contribution in [-0.2, 0) is 4.79 Å². The highest BCUT2D eigenvalue weighted by Crippen LogP contribution is 2.33. The van der Waals surface area contributed by atoms with Gasteiger partial charge in [0.2, 0.25) is 0 Å². The van der Waals surface area contributed by atoms with Crippen molar-refractivity contribution in [2.24, 2.45) is 0 Å². The van der Waals surface area contributed by atoms with Crippen LogP contribution in [0.25, 0.3) is 6.08 Å². The van der Waals surface area contributed by atoms with Crippen molar-refractivity contribution in [2.75, 3.05) is 13.7 Å². The molecule has 1 fully saturated rings. The molecule has 19 heavy (non-hydrogen) atoms. The van der Waals surface area contributed by atoms with E-state index in [1.54, 1.807) is 12.0 Å². The van der Waals surface area contributed by atoms with Gasteiger partial charge < -0.3 is 4.74 Å². The maximum Gasteiger partial charge on any atom is 0.266 e. The summed E-state index contributed by atoms with van der Waals surface area (Å²) >= 11 is 6.55. The molecule has 1 amide bonds. The molecular formula is C14H15NO2S2. The van der Waals surface area contributed by atoms with Gasteiger partial charge in [-0.15, -0.1) is 0 Å². The molecule has 0 aromatic heterocycles. The molecule has 1 saturated heterocycles. The Morgan fingerprint density at radius 2 is 2.21 bits per heavy atom. The Morgan fingerprint density at radius 1 is 1.47 bits per heavy atom. The number of thioether (sulfide) groups is 1. The van der Waals surface area contributed by atoms with Gasteiger partial charge in [0.15, 0.2) is 0 Å². The van der Waals surface area contributed by atoms with Crippen LogP contribution in [0.15, 0.2) is 23.1 Å². The molecule has 5 heteroatoms. The van der Waals surface area contributed by atoms with Crippen molar-refractivity contribution in [3.05, 3.63) is 34.2 Å². The number of nitrogens with zero attached hydrogens (tertiary/aromatic N) is 1. The SMILES string of the molecule is CCN1C(=O)C(=Cc2ccc(OC)cc2C)SC1=S. The lowest BCUT2D eigenvalue weighted by molar-refractivity contribution is -0.121. The number of rotatable bonds is 3. The summed E-state index contributed by atoms with van der Waals surface area (Å²) in [7, 11) is 1.64. The second-order valence-electron chi connectivity index (χ2n) is 4.15. The van der Waals surface area contributed by atoms with E-state index in [4.69, 9.17) is 17.0 Å². The summed E-state index contributed by atoms with van der Waals surface area (Å²) in [5, 5.41) is 0. The first kappa shape index (κ1) is 14.1. The Labute approximate surface area is 122 Å². The number of ether oxygens (including phenoxy) is 1. The van der Waals surface area contributed by atoms with Gasteiger partial charge in [0.25, 0.3) is 5.91 Å². The maximum absolute atomic E-state index is 12.1. The van der Waals surface area contributed by atoms with Crippen molar-refractivity contribution in [2.45, 2.75) is 13.8 Å². The molecule has 0 unspecified atom stereocenters. The van der Waals surface area contributed by atoms with Crippen LogP contribution < -0.4 is 4.74 Å². The Hall–Kier alpha value is -1.33. The van der Waals surface area contributed by atoms with Gasteiger partial charge in [-0.1, -0.05) is 30.0 Å².